The van der Waals surface area contributed by atoms with Gasteiger partial charge in [0.05, 0.1) is 0 Å². The molecule has 88 valence electrons. The Hall–Kier alpha value is -1.61. The van der Waals surface area contributed by atoms with Gasteiger partial charge >= 0.3 is 0 Å². The zero-order valence-electron chi connectivity index (χ0n) is 9.87. The first-order valence-electron chi connectivity index (χ1n) is 5.53. The highest BCUT2D eigenvalue weighted by Gasteiger charge is 2.08. The van der Waals surface area contributed by atoms with E-state index in [1.165, 1.54) is 0 Å². The summed E-state index contributed by atoms with van der Waals surface area (Å²) in [5.74, 6) is 0.787. The molecule has 0 saturated carbocycles. The largest absolute Gasteiger partial charge is 0.369 e. The molecule has 0 spiro atoms. The standard InChI is InChI=1S/C13H14ClN3/c1-3-15-13-12(16-6-7-17-13)10-5-4-9(2)11(14)8-10/h4-8H,3H2,1-2H3,(H,15,17). The third-order valence-corrected chi connectivity index (χ3v) is 2.89. The minimum Gasteiger partial charge on any atom is -0.369 e. The molecule has 1 heterocycles. The molecule has 0 radical (unpaired) electrons. The van der Waals surface area contributed by atoms with Gasteiger partial charge in [-0.2, -0.15) is 0 Å². The summed E-state index contributed by atoms with van der Waals surface area (Å²) in [6, 6.07) is 5.91. The molecule has 0 unspecified atom stereocenters. The van der Waals surface area contributed by atoms with E-state index in [1.807, 2.05) is 32.0 Å². The van der Waals surface area contributed by atoms with E-state index < -0.39 is 0 Å². The predicted octanol–water partition coefficient (Wildman–Crippen LogP) is 3.54. The van der Waals surface area contributed by atoms with Gasteiger partial charge in [-0.05, 0) is 25.5 Å². The van der Waals surface area contributed by atoms with Crippen LogP contribution in [0.4, 0.5) is 5.82 Å². The minimum atomic E-state index is 0.746. The topological polar surface area (TPSA) is 37.8 Å². The van der Waals surface area contributed by atoms with Crippen molar-refractivity contribution in [1.82, 2.24) is 9.97 Å². The lowest BCUT2D eigenvalue weighted by Gasteiger charge is -2.09. The van der Waals surface area contributed by atoms with Crippen LogP contribution in [-0.4, -0.2) is 16.5 Å². The Bertz CT molecular complexity index is 526. The monoisotopic (exact) mass is 247 g/mol. The van der Waals surface area contributed by atoms with Crippen molar-refractivity contribution < 1.29 is 0 Å². The molecule has 0 amide bonds. The summed E-state index contributed by atoms with van der Waals surface area (Å²) in [7, 11) is 0. The fourth-order valence-electron chi connectivity index (χ4n) is 1.59. The SMILES string of the molecule is CCNc1nccnc1-c1ccc(C)c(Cl)c1. The Labute approximate surface area is 106 Å². The van der Waals surface area contributed by atoms with Crippen molar-refractivity contribution in [1.29, 1.82) is 0 Å². The van der Waals surface area contributed by atoms with Gasteiger partial charge in [0.2, 0.25) is 0 Å². The van der Waals surface area contributed by atoms with Crippen LogP contribution in [0.2, 0.25) is 5.02 Å². The molecule has 0 fully saturated rings. The smallest absolute Gasteiger partial charge is 0.152 e. The summed E-state index contributed by atoms with van der Waals surface area (Å²) in [5.41, 5.74) is 2.87. The maximum atomic E-state index is 6.12. The van der Waals surface area contributed by atoms with Gasteiger partial charge in [0, 0.05) is 29.5 Å². The van der Waals surface area contributed by atoms with E-state index in [0.29, 0.717) is 0 Å². The van der Waals surface area contributed by atoms with E-state index in [9.17, 15) is 0 Å². The van der Waals surface area contributed by atoms with Crippen molar-refractivity contribution in [2.75, 3.05) is 11.9 Å². The van der Waals surface area contributed by atoms with Crippen molar-refractivity contribution in [3.05, 3.63) is 41.2 Å². The number of anilines is 1. The van der Waals surface area contributed by atoms with Crippen LogP contribution in [0.25, 0.3) is 11.3 Å². The molecule has 17 heavy (non-hydrogen) atoms. The molecule has 0 saturated heterocycles. The predicted molar refractivity (Wildman–Crippen MR) is 71.4 cm³/mol. The molecule has 2 rings (SSSR count). The number of aryl methyl sites for hydroxylation is 1. The van der Waals surface area contributed by atoms with Gasteiger partial charge in [0.15, 0.2) is 5.82 Å². The van der Waals surface area contributed by atoms with Gasteiger partial charge in [-0.15, -0.1) is 0 Å². The molecule has 1 aromatic heterocycles. The zero-order chi connectivity index (χ0) is 12.3. The number of nitrogens with zero attached hydrogens (tertiary/aromatic N) is 2. The first kappa shape index (κ1) is 11.9. The maximum absolute atomic E-state index is 6.12. The van der Waals surface area contributed by atoms with Crippen LogP contribution in [-0.2, 0) is 0 Å². The summed E-state index contributed by atoms with van der Waals surface area (Å²) >= 11 is 6.12. The van der Waals surface area contributed by atoms with Crippen LogP contribution >= 0.6 is 11.6 Å². The van der Waals surface area contributed by atoms with Gasteiger partial charge in [-0.3, -0.25) is 4.98 Å². The average molecular weight is 248 g/mol. The summed E-state index contributed by atoms with van der Waals surface area (Å²) in [6.45, 7) is 4.82. The molecule has 0 atom stereocenters. The van der Waals surface area contributed by atoms with Gasteiger partial charge < -0.3 is 5.32 Å². The fourth-order valence-corrected chi connectivity index (χ4v) is 1.77. The van der Waals surface area contributed by atoms with Crippen LogP contribution in [0.5, 0.6) is 0 Å². The maximum Gasteiger partial charge on any atom is 0.152 e. The summed E-state index contributed by atoms with van der Waals surface area (Å²) in [6.07, 6.45) is 3.36. The zero-order valence-corrected chi connectivity index (χ0v) is 10.6. The van der Waals surface area contributed by atoms with Gasteiger partial charge in [-0.1, -0.05) is 23.7 Å². The molecule has 2 aromatic rings. The lowest BCUT2D eigenvalue weighted by Crippen LogP contribution is -2.02. The van der Waals surface area contributed by atoms with Crippen molar-refractivity contribution in [3.8, 4) is 11.3 Å². The normalized spacial score (nSPS) is 10.3. The van der Waals surface area contributed by atoms with E-state index in [1.54, 1.807) is 12.4 Å². The first-order chi connectivity index (χ1) is 8.22. The quantitative estimate of drug-likeness (QED) is 0.902. The van der Waals surface area contributed by atoms with E-state index in [4.69, 9.17) is 11.6 Å². The van der Waals surface area contributed by atoms with Crippen molar-refractivity contribution >= 4 is 17.4 Å². The number of nitrogens with one attached hydrogen (secondary N) is 1. The molecule has 0 aliphatic heterocycles. The second-order valence-corrected chi connectivity index (χ2v) is 4.16. The number of benzene rings is 1. The van der Waals surface area contributed by atoms with Crippen molar-refractivity contribution in [2.24, 2.45) is 0 Å². The van der Waals surface area contributed by atoms with Crippen molar-refractivity contribution in [3.63, 3.8) is 0 Å². The van der Waals surface area contributed by atoms with E-state index in [2.05, 4.69) is 15.3 Å². The molecule has 4 heteroatoms. The first-order valence-corrected chi connectivity index (χ1v) is 5.91. The third kappa shape index (κ3) is 2.56. The molecular weight excluding hydrogens is 234 g/mol. The Morgan fingerprint density at radius 1 is 1.24 bits per heavy atom. The third-order valence-electron chi connectivity index (χ3n) is 2.49. The Morgan fingerprint density at radius 2 is 2.00 bits per heavy atom. The van der Waals surface area contributed by atoms with E-state index in [-0.39, 0.29) is 0 Å². The highest BCUT2D eigenvalue weighted by atomic mass is 35.5. The minimum absolute atomic E-state index is 0.746. The summed E-state index contributed by atoms with van der Waals surface area (Å²) < 4.78 is 0. The molecule has 1 N–H and O–H groups in total. The number of rotatable bonds is 3. The average Bonchev–Trinajstić information content (AvgIpc) is 2.34. The molecule has 0 aliphatic carbocycles. The summed E-state index contributed by atoms with van der Waals surface area (Å²) in [5, 5.41) is 3.94. The lowest BCUT2D eigenvalue weighted by molar-refractivity contribution is 1.12. The molecule has 3 nitrogen and oxygen atoms in total. The highest BCUT2D eigenvalue weighted by molar-refractivity contribution is 6.31. The number of hydrogen-bond donors (Lipinski definition) is 1. The van der Waals surface area contributed by atoms with Crippen LogP contribution in [0.1, 0.15) is 12.5 Å². The van der Waals surface area contributed by atoms with Gasteiger partial charge in [-0.25, -0.2) is 4.98 Å². The second-order valence-electron chi connectivity index (χ2n) is 3.75. The van der Waals surface area contributed by atoms with E-state index >= 15 is 0 Å². The Kier molecular flexibility index (Phi) is 3.59. The highest BCUT2D eigenvalue weighted by Crippen LogP contribution is 2.27. The molecule has 0 aliphatic rings. The van der Waals surface area contributed by atoms with E-state index in [0.717, 1.165) is 34.2 Å². The van der Waals surface area contributed by atoms with Crippen LogP contribution in [0.15, 0.2) is 30.6 Å². The summed E-state index contributed by atoms with van der Waals surface area (Å²) in [4.78, 5) is 8.63. The Balaban J connectivity index is 2.48. The van der Waals surface area contributed by atoms with Gasteiger partial charge in [0.1, 0.15) is 5.69 Å². The fraction of sp³-hybridized carbons (Fsp3) is 0.231. The second kappa shape index (κ2) is 5.15. The molecule has 0 bridgehead atoms. The Morgan fingerprint density at radius 3 is 2.71 bits per heavy atom. The van der Waals surface area contributed by atoms with Crippen LogP contribution in [0.3, 0.4) is 0 Å². The van der Waals surface area contributed by atoms with Gasteiger partial charge in [0.25, 0.3) is 0 Å². The molecular formula is C13H14ClN3. The van der Waals surface area contributed by atoms with Crippen molar-refractivity contribution in [2.45, 2.75) is 13.8 Å². The number of halogens is 1. The van der Waals surface area contributed by atoms with Crippen LogP contribution in [0, 0.1) is 6.92 Å². The number of hydrogen-bond acceptors (Lipinski definition) is 3. The van der Waals surface area contributed by atoms with Crippen LogP contribution < -0.4 is 5.32 Å². The lowest BCUT2D eigenvalue weighted by atomic mass is 10.1. The number of aromatic nitrogens is 2. The molecule has 1 aromatic carbocycles.